The van der Waals surface area contributed by atoms with E-state index in [1.807, 2.05) is 35.8 Å². The molecule has 0 aromatic carbocycles. The summed E-state index contributed by atoms with van der Waals surface area (Å²) in [4.78, 5) is 17.0. The highest BCUT2D eigenvalue weighted by Crippen LogP contribution is 2.22. The van der Waals surface area contributed by atoms with Crippen molar-refractivity contribution < 1.29 is 4.74 Å². The van der Waals surface area contributed by atoms with E-state index in [-0.39, 0.29) is 5.56 Å². The Morgan fingerprint density at radius 2 is 2.16 bits per heavy atom. The van der Waals surface area contributed by atoms with Crippen LogP contribution in [0.3, 0.4) is 0 Å². The molecule has 2 aromatic rings. The Morgan fingerprint density at radius 3 is 2.96 bits per heavy atom. The van der Waals surface area contributed by atoms with E-state index in [0.29, 0.717) is 18.6 Å². The highest BCUT2D eigenvalue weighted by molar-refractivity contribution is 5.26. The van der Waals surface area contributed by atoms with Crippen molar-refractivity contribution in [2.75, 3.05) is 13.2 Å². The number of nitrogens with one attached hydrogen (secondary N) is 1. The zero-order valence-electron chi connectivity index (χ0n) is 14.7. The first-order valence-corrected chi connectivity index (χ1v) is 9.17. The second-order valence-corrected chi connectivity index (χ2v) is 7.17. The molecule has 1 saturated heterocycles. The summed E-state index contributed by atoms with van der Waals surface area (Å²) in [6.45, 7) is 4.22. The number of nitrogens with zero attached hydrogens (tertiary/aromatic N) is 2. The fourth-order valence-corrected chi connectivity index (χ4v) is 3.99. The van der Waals surface area contributed by atoms with Gasteiger partial charge < -0.3 is 14.6 Å². The summed E-state index contributed by atoms with van der Waals surface area (Å²) in [5.74, 6) is 0. The summed E-state index contributed by atoms with van der Waals surface area (Å²) in [6, 6.07) is 10.6. The molecule has 0 saturated carbocycles. The van der Waals surface area contributed by atoms with Crippen LogP contribution in [-0.4, -0.2) is 34.8 Å². The van der Waals surface area contributed by atoms with Gasteiger partial charge in [-0.1, -0.05) is 12.1 Å². The van der Waals surface area contributed by atoms with E-state index in [4.69, 9.17) is 4.74 Å². The minimum atomic E-state index is 0.0673. The van der Waals surface area contributed by atoms with Gasteiger partial charge in [0.05, 0.1) is 18.8 Å². The molecule has 0 radical (unpaired) electrons. The third kappa shape index (κ3) is 3.67. The maximum atomic E-state index is 12.4. The van der Waals surface area contributed by atoms with Crippen molar-refractivity contribution in [1.29, 1.82) is 0 Å². The first-order chi connectivity index (χ1) is 12.2. The van der Waals surface area contributed by atoms with Crippen LogP contribution in [0.25, 0.3) is 0 Å². The maximum Gasteiger partial charge on any atom is 0.251 e. The van der Waals surface area contributed by atoms with E-state index in [1.165, 1.54) is 11.3 Å². The molecule has 5 heteroatoms. The Bertz CT molecular complexity index is 809. The smallest absolute Gasteiger partial charge is 0.251 e. The lowest BCUT2D eigenvalue weighted by Crippen LogP contribution is -2.43. The Balaban J connectivity index is 1.55. The fourth-order valence-electron chi connectivity index (χ4n) is 3.99. The fraction of sp³-hybridized carbons (Fsp3) is 0.500. The van der Waals surface area contributed by atoms with Crippen LogP contribution in [-0.2, 0) is 24.1 Å². The van der Waals surface area contributed by atoms with Crippen molar-refractivity contribution in [2.45, 2.75) is 51.2 Å². The number of aromatic nitrogens is 2. The van der Waals surface area contributed by atoms with Crippen molar-refractivity contribution >= 4 is 0 Å². The number of aryl methyl sites for hydroxylation is 1. The third-order valence-corrected chi connectivity index (χ3v) is 5.25. The zero-order valence-corrected chi connectivity index (χ0v) is 14.7. The molecular weight excluding hydrogens is 314 g/mol. The van der Waals surface area contributed by atoms with E-state index in [9.17, 15) is 4.79 Å². The molecule has 4 rings (SSSR count). The predicted octanol–water partition coefficient (Wildman–Crippen LogP) is 1.84. The van der Waals surface area contributed by atoms with E-state index < -0.39 is 0 Å². The number of ether oxygens (including phenoxy) is 1. The van der Waals surface area contributed by atoms with Crippen LogP contribution in [0.4, 0.5) is 0 Å². The van der Waals surface area contributed by atoms with Gasteiger partial charge in [0.15, 0.2) is 0 Å². The highest BCUT2D eigenvalue weighted by Gasteiger charge is 2.25. The van der Waals surface area contributed by atoms with Gasteiger partial charge in [-0.2, -0.15) is 0 Å². The quantitative estimate of drug-likeness (QED) is 0.923. The Morgan fingerprint density at radius 1 is 1.24 bits per heavy atom. The predicted molar refractivity (Wildman–Crippen MR) is 97.0 cm³/mol. The molecule has 2 aliphatic rings. The van der Waals surface area contributed by atoms with E-state index >= 15 is 0 Å². The molecule has 25 heavy (non-hydrogen) atoms. The molecule has 2 aromatic heterocycles. The second-order valence-electron chi connectivity index (χ2n) is 7.17. The van der Waals surface area contributed by atoms with Gasteiger partial charge in [0.25, 0.3) is 5.56 Å². The van der Waals surface area contributed by atoms with E-state index in [2.05, 4.69) is 10.3 Å². The standard InChI is InChI=1S/C20H25N3O2/c1-14-3-2-4-17(21-14)12-23-19-7-6-16(22-18-9-10-25-13-18)11-15(19)5-8-20(23)24/h2-5,8,16,18,22H,6-7,9-13H2,1H3/t16-,18+/m0/s1. The number of hydrogen-bond donors (Lipinski definition) is 1. The number of fused-ring (bicyclic) bond motifs is 1. The molecule has 0 spiro atoms. The molecule has 0 amide bonds. The summed E-state index contributed by atoms with van der Waals surface area (Å²) in [7, 11) is 0. The van der Waals surface area contributed by atoms with Crippen LogP contribution in [0.15, 0.2) is 35.1 Å². The van der Waals surface area contributed by atoms with Gasteiger partial charge in [0.1, 0.15) is 0 Å². The van der Waals surface area contributed by atoms with Crippen LogP contribution in [0.5, 0.6) is 0 Å². The second kappa shape index (κ2) is 7.10. The number of hydrogen-bond acceptors (Lipinski definition) is 4. The largest absolute Gasteiger partial charge is 0.380 e. The normalized spacial score (nSPS) is 22.8. The van der Waals surface area contributed by atoms with Gasteiger partial charge in [-0.15, -0.1) is 0 Å². The highest BCUT2D eigenvalue weighted by atomic mass is 16.5. The lowest BCUT2D eigenvalue weighted by molar-refractivity contribution is 0.187. The monoisotopic (exact) mass is 339 g/mol. The first-order valence-electron chi connectivity index (χ1n) is 9.17. The Hall–Kier alpha value is -1.98. The lowest BCUT2D eigenvalue weighted by atomic mass is 9.90. The third-order valence-electron chi connectivity index (χ3n) is 5.25. The van der Waals surface area contributed by atoms with Crippen molar-refractivity contribution in [2.24, 2.45) is 0 Å². The minimum absolute atomic E-state index is 0.0673. The molecule has 0 bridgehead atoms. The van der Waals surface area contributed by atoms with Gasteiger partial charge in [-0.25, -0.2) is 0 Å². The van der Waals surface area contributed by atoms with E-state index in [0.717, 1.165) is 50.3 Å². The van der Waals surface area contributed by atoms with Crippen LogP contribution < -0.4 is 10.9 Å². The minimum Gasteiger partial charge on any atom is -0.380 e. The van der Waals surface area contributed by atoms with Crippen molar-refractivity contribution in [1.82, 2.24) is 14.9 Å². The van der Waals surface area contributed by atoms with Crippen LogP contribution in [0, 0.1) is 6.92 Å². The number of rotatable bonds is 4. The average molecular weight is 339 g/mol. The molecule has 5 nitrogen and oxygen atoms in total. The van der Waals surface area contributed by atoms with Crippen LogP contribution in [0.1, 0.15) is 35.5 Å². The topological polar surface area (TPSA) is 56.2 Å². The molecule has 1 aliphatic heterocycles. The van der Waals surface area contributed by atoms with Crippen LogP contribution in [0.2, 0.25) is 0 Å². The molecule has 1 fully saturated rings. The molecule has 0 unspecified atom stereocenters. The molecular formula is C20H25N3O2. The molecule has 3 heterocycles. The van der Waals surface area contributed by atoms with Crippen molar-refractivity contribution in [3.05, 3.63) is 63.3 Å². The van der Waals surface area contributed by atoms with Gasteiger partial charge in [0, 0.05) is 36.1 Å². The summed E-state index contributed by atoms with van der Waals surface area (Å²) in [5, 5.41) is 3.73. The Labute approximate surface area is 148 Å². The SMILES string of the molecule is Cc1cccc(Cn2c3c(ccc2=O)C[C@@H](N[C@@H]2CCOC2)CC3)n1. The van der Waals surface area contributed by atoms with E-state index in [1.54, 1.807) is 6.07 Å². The van der Waals surface area contributed by atoms with Crippen LogP contribution >= 0.6 is 0 Å². The molecule has 1 aliphatic carbocycles. The first kappa shape index (κ1) is 16.5. The Kier molecular flexibility index (Phi) is 4.68. The summed E-state index contributed by atoms with van der Waals surface area (Å²) in [5.41, 5.74) is 4.46. The number of pyridine rings is 2. The lowest BCUT2D eigenvalue weighted by Gasteiger charge is -2.29. The van der Waals surface area contributed by atoms with Gasteiger partial charge in [-0.3, -0.25) is 9.78 Å². The van der Waals surface area contributed by atoms with Gasteiger partial charge in [-0.05, 0) is 50.3 Å². The average Bonchev–Trinajstić information content (AvgIpc) is 3.10. The van der Waals surface area contributed by atoms with Crippen molar-refractivity contribution in [3.8, 4) is 0 Å². The molecule has 2 atom stereocenters. The van der Waals surface area contributed by atoms with Crippen molar-refractivity contribution in [3.63, 3.8) is 0 Å². The maximum absolute atomic E-state index is 12.4. The summed E-state index contributed by atoms with van der Waals surface area (Å²) < 4.78 is 7.37. The van der Waals surface area contributed by atoms with Gasteiger partial charge >= 0.3 is 0 Å². The summed E-state index contributed by atoms with van der Waals surface area (Å²) >= 11 is 0. The summed E-state index contributed by atoms with van der Waals surface area (Å²) in [6.07, 6.45) is 4.08. The molecule has 132 valence electrons. The molecule has 1 N–H and O–H groups in total. The zero-order chi connectivity index (χ0) is 17.2. The van der Waals surface area contributed by atoms with Gasteiger partial charge in [0.2, 0.25) is 0 Å².